The van der Waals surface area contributed by atoms with E-state index < -0.39 is 27.1 Å². The topological polar surface area (TPSA) is 111 Å². The molecule has 0 fully saturated rings. The summed E-state index contributed by atoms with van der Waals surface area (Å²) in [5, 5.41) is 0. The van der Waals surface area contributed by atoms with Gasteiger partial charge >= 0.3 is 27.1 Å². The SMILES string of the molecule is C=C[Si](OC(=C)C)(OC(=C)C)OC(=C)C.C=C[Si](OCC)(OCC)OCC.COCCO[SiH](OCCOC)OCCOC. The molecule has 0 unspecified atom stereocenters. The molecule has 0 bridgehead atoms. The predicted molar refractivity (Wildman–Crippen MR) is 175 cm³/mol. The van der Waals surface area contributed by atoms with Crippen LogP contribution in [-0.4, -0.2) is 108 Å². The molecule has 0 aliphatic rings. The van der Waals surface area contributed by atoms with E-state index >= 15 is 0 Å². The molecule has 15 heteroatoms. The van der Waals surface area contributed by atoms with Gasteiger partial charge in [-0.25, -0.2) is 0 Å². The fourth-order valence-corrected chi connectivity index (χ4v) is 7.45. The Bertz CT molecular complexity index is 658. The Morgan fingerprint density at radius 2 is 0.814 bits per heavy atom. The van der Waals surface area contributed by atoms with Crippen LogP contribution in [0.2, 0.25) is 0 Å². The summed E-state index contributed by atoms with van der Waals surface area (Å²) in [7, 11) is -2.70. The van der Waals surface area contributed by atoms with E-state index in [0.29, 0.717) is 76.7 Å². The van der Waals surface area contributed by atoms with Gasteiger partial charge in [-0.1, -0.05) is 32.9 Å². The molecule has 0 amide bonds. The monoisotopic (exact) mass is 670 g/mol. The van der Waals surface area contributed by atoms with Gasteiger partial charge in [0.15, 0.2) is 0 Å². The summed E-state index contributed by atoms with van der Waals surface area (Å²) in [6, 6.07) is 0. The molecular formula is C28H58O12Si3. The van der Waals surface area contributed by atoms with Gasteiger partial charge in [0.2, 0.25) is 0 Å². The van der Waals surface area contributed by atoms with Crippen molar-refractivity contribution < 1.29 is 54.0 Å². The Kier molecular flexibility index (Phi) is 32.4. The molecule has 0 atom stereocenters. The summed E-state index contributed by atoms with van der Waals surface area (Å²) in [5.41, 5.74) is 3.19. The second-order valence-corrected chi connectivity index (χ2v) is 14.5. The Balaban J connectivity index is -0.000000564. The second kappa shape index (κ2) is 30.4. The van der Waals surface area contributed by atoms with Crippen molar-refractivity contribution in [2.75, 3.05) is 80.8 Å². The summed E-state index contributed by atoms with van der Waals surface area (Å²) < 4.78 is 63.7. The summed E-state index contributed by atoms with van der Waals surface area (Å²) in [5.74, 6) is 1.51. The minimum atomic E-state index is -2.99. The molecule has 0 saturated carbocycles. The highest BCUT2D eigenvalue weighted by Crippen LogP contribution is 2.20. The molecule has 254 valence electrons. The molecule has 0 radical (unpaired) electrons. The van der Waals surface area contributed by atoms with Crippen molar-refractivity contribution in [3.05, 3.63) is 61.6 Å². The van der Waals surface area contributed by atoms with Crippen LogP contribution in [0.3, 0.4) is 0 Å². The number of hydrogen-bond acceptors (Lipinski definition) is 12. The van der Waals surface area contributed by atoms with E-state index in [2.05, 4.69) is 32.9 Å². The van der Waals surface area contributed by atoms with Crippen molar-refractivity contribution in [3.63, 3.8) is 0 Å². The quantitative estimate of drug-likeness (QED) is 0.0719. The zero-order chi connectivity index (χ0) is 33.6. The van der Waals surface area contributed by atoms with Crippen LogP contribution in [0.25, 0.3) is 0 Å². The van der Waals surface area contributed by atoms with E-state index in [-0.39, 0.29) is 0 Å². The molecule has 0 aliphatic carbocycles. The van der Waals surface area contributed by atoms with Gasteiger partial charge in [0.25, 0.3) is 0 Å². The zero-order valence-corrected chi connectivity index (χ0v) is 31.2. The highest BCUT2D eigenvalue weighted by atomic mass is 28.4. The van der Waals surface area contributed by atoms with Gasteiger partial charge < -0.3 is 54.0 Å². The van der Waals surface area contributed by atoms with E-state index in [1.165, 1.54) is 5.70 Å². The van der Waals surface area contributed by atoms with Crippen LogP contribution in [0.5, 0.6) is 0 Å². The van der Waals surface area contributed by atoms with E-state index in [9.17, 15) is 0 Å². The van der Waals surface area contributed by atoms with Crippen molar-refractivity contribution in [2.24, 2.45) is 0 Å². The first-order valence-electron chi connectivity index (χ1n) is 13.9. The van der Waals surface area contributed by atoms with Crippen molar-refractivity contribution >= 4 is 27.1 Å². The fourth-order valence-electron chi connectivity index (χ4n) is 2.65. The predicted octanol–water partition coefficient (Wildman–Crippen LogP) is 4.75. The third kappa shape index (κ3) is 27.7. The lowest BCUT2D eigenvalue weighted by Gasteiger charge is -2.27. The van der Waals surface area contributed by atoms with Crippen LogP contribution >= 0.6 is 0 Å². The zero-order valence-electron chi connectivity index (χ0n) is 28.0. The van der Waals surface area contributed by atoms with E-state index in [1.54, 1.807) is 47.8 Å². The van der Waals surface area contributed by atoms with Gasteiger partial charge in [-0.2, -0.15) is 0 Å². The van der Waals surface area contributed by atoms with Crippen LogP contribution in [0, 0.1) is 0 Å². The van der Waals surface area contributed by atoms with Gasteiger partial charge in [-0.3, -0.25) is 0 Å². The third-order valence-electron chi connectivity index (χ3n) is 4.11. The standard InChI is InChI=1S/C11H18O3Si.C9H22O6Si.C8H18O3Si/c1-8-15(12-9(2)3,13-10(4)5)14-11(6)7;1-10-4-7-13-16(14-8-5-11-2)15-9-6-12-3;1-5-9-12(8-4,10-6-2)11-7-3/h8H,1-2,4,6H2,3,5,7H3;16H,4-9H2,1-3H3;8H,4-7H2,1-3H3. The number of hydrogen-bond donors (Lipinski definition) is 0. The van der Waals surface area contributed by atoms with Gasteiger partial charge in [-0.15, -0.1) is 0 Å². The molecule has 12 nitrogen and oxygen atoms in total. The van der Waals surface area contributed by atoms with Gasteiger partial charge in [0.1, 0.15) is 0 Å². The van der Waals surface area contributed by atoms with E-state index in [4.69, 9.17) is 54.0 Å². The Morgan fingerprint density at radius 1 is 0.535 bits per heavy atom. The maximum Gasteiger partial charge on any atom is 0.728 e. The molecule has 0 spiro atoms. The number of allylic oxidation sites excluding steroid dienone is 3. The van der Waals surface area contributed by atoms with Crippen LogP contribution in [0.1, 0.15) is 41.5 Å². The first-order chi connectivity index (χ1) is 20.4. The van der Waals surface area contributed by atoms with E-state index in [1.807, 2.05) is 20.8 Å². The Labute approximate surface area is 264 Å². The smallest absolute Gasteiger partial charge is 0.485 e. The fraction of sp³-hybridized carbons (Fsp3) is 0.643. The van der Waals surface area contributed by atoms with Crippen LogP contribution in [-0.2, 0) is 54.0 Å². The minimum absolute atomic E-state index is 0.480. The molecule has 0 heterocycles. The molecule has 0 aromatic heterocycles. The van der Waals surface area contributed by atoms with Crippen molar-refractivity contribution in [1.82, 2.24) is 0 Å². The average Bonchev–Trinajstić information content (AvgIpc) is 2.93. The Morgan fingerprint density at radius 3 is 1.00 bits per heavy atom. The van der Waals surface area contributed by atoms with E-state index in [0.717, 1.165) is 0 Å². The normalized spacial score (nSPS) is 10.9. The first-order valence-corrected chi connectivity index (χ1v) is 19.0. The summed E-state index contributed by atoms with van der Waals surface area (Å²) in [6.45, 7) is 34.0. The molecular weight excluding hydrogens is 613 g/mol. The molecule has 0 saturated heterocycles. The number of ether oxygens (including phenoxy) is 3. The van der Waals surface area contributed by atoms with Gasteiger partial charge in [-0.05, 0) is 47.2 Å². The molecule has 0 N–H and O–H groups in total. The molecule has 0 aromatic carbocycles. The van der Waals surface area contributed by atoms with Crippen LogP contribution < -0.4 is 0 Å². The van der Waals surface area contributed by atoms with Crippen molar-refractivity contribution in [2.45, 2.75) is 41.5 Å². The van der Waals surface area contributed by atoms with Crippen LogP contribution in [0.4, 0.5) is 0 Å². The number of rotatable bonds is 26. The molecule has 0 aliphatic heterocycles. The lowest BCUT2D eigenvalue weighted by atomic mass is 10.7. The largest absolute Gasteiger partial charge is 0.728 e. The van der Waals surface area contributed by atoms with Crippen molar-refractivity contribution in [1.29, 1.82) is 0 Å². The lowest BCUT2D eigenvalue weighted by molar-refractivity contribution is 0.0381. The summed E-state index contributed by atoms with van der Waals surface area (Å²) >= 11 is 0. The second-order valence-electron chi connectivity index (χ2n) is 8.21. The maximum atomic E-state index is 5.47. The van der Waals surface area contributed by atoms with Gasteiger partial charge in [0.05, 0.1) is 56.9 Å². The molecule has 0 aromatic rings. The van der Waals surface area contributed by atoms with Crippen LogP contribution in [0.15, 0.2) is 61.6 Å². The summed E-state index contributed by atoms with van der Waals surface area (Å²) in [4.78, 5) is 0. The highest BCUT2D eigenvalue weighted by molar-refractivity contribution is 6.67. The lowest BCUT2D eigenvalue weighted by Crippen LogP contribution is -2.44. The summed E-state index contributed by atoms with van der Waals surface area (Å²) in [6.07, 6.45) is 0. The highest BCUT2D eigenvalue weighted by Gasteiger charge is 2.45. The molecule has 43 heavy (non-hydrogen) atoms. The molecule has 0 rings (SSSR count). The Hall–Kier alpha value is -1.61. The third-order valence-corrected chi connectivity index (χ3v) is 10.6. The average molecular weight is 671 g/mol. The van der Waals surface area contributed by atoms with Crippen molar-refractivity contribution in [3.8, 4) is 0 Å². The van der Waals surface area contributed by atoms with Gasteiger partial charge in [0, 0.05) is 46.8 Å². The maximum absolute atomic E-state index is 5.47. The number of methoxy groups -OCH3 is 3. The minimum Gasteiger partial charge on any atom is -0.485 e. The first kappa shape index (κ1) is 45.8.